The van der Waals surface area contributed by atoms with Gasteiger partial charge in [-0.3, -0.25) is 14.5 Å². The van der Waals surface area contributed by atoms with Crippen molar-refractivity contribution in [2.24, 2.45) is 5.92 Å². The van der Waals surface area contributed by atoms with E-state index in [4.69, 9.17) is 0 Å². The average Bonchev–Trinajstić information content (AvgIpc) is 2.88. The van der Waals surface area contributed by atoms with Gasteiger partial charge in [0.15, 0.2) is 0 Å². The third kappa shape index (κ3) is 4.45. The SMILES string of the molecule is CCN(C(=O)CN1C(=O)NC2(CCN(CC(C)C)CC2)C1=O)c1cccc(C)c1. The Morgan fingerprint density at radius 3 is 2.52 bits per heavy atom. The zero-order valence-corrected chi connectivity index (χ0v) is 17.9. The molecule has 1 aromatic carbocycles. The molecule has 0 aromatic heterocycles. The van der Waals surface area contributed by atoms with E-state index in [1.54, 1.807) is 4.90 Å². The van der Waals surface area contributed by atoms with Crippen molar-refractivity contribution in [2.45, 2.75) is 46.1 Å². The molecule has 0 bridgehead atoms. The maximum Gasteiger partial charge on any atom is 0.325 e. The molecule has 4 amide bonds. The summed E-state index contributed by atoms with van der Waals surface area (Å²) in [6.07, 6.45) is 1.18. The van der Waals surface area contributed by atoms with Crippen LogP contribution in [0.3, 0.4) is 0 Å². The molecule has 0 saturated carbocycles. The summed E-state index contributed by atoms with van der Waals surface area (Å²) in [4.78, 5) is 43.6. The van der Waals surface area contributed by atoms with Crippen LogP contribution in [0.15, 0.2) is 24.3 Å². The normalized spacial score (nSPS) is 19.1. The van der Waals surface area contributed by atoms with Crippen LogP contribution in [0.4, 0.5) is 10.5 Å². The van der Waals surface area contributed by atoms with Crippen molar-refractivity contribution in [3.63, 3.8) is 0 Å². The molecule has 1 spiro atoms. The highest BCUT2D eigenvalue weighted by Crippen LogP contribution is 2.30. The van der Waals surface area contributed by atoms with E-state index in [9.17, 15) is 14.4 Å². The minimum absolute atomic E-state index is 0.232. The minimum Gasteiger partial charge on any atom is -0.323 e. The van der Waals surface area contributed by atoms with Gasteiger partial charge in [0.2, 0.25) is 5.91 Å². The van der Waals surface area contributed by atoms with Crippen molar-refractivity contribution in [3.8, 4) is 0 Å². The fourth-order valence-corrected chi connectivity index (χ4v) is 4.31. The van der Waals surface area contributed by atoms with Crippen molar-refractivity contribution >= 4 is 23.5 Å². The van der Waals surface area contributed by atoms with Crippen molar-refractivity contribution in [1.29, 1.82) is 0 Å². The van der Waals surface area contributed by atoms with Crippen molar-refractivity contribution < 1.29 is 14.4 Å². The van der Waals surface area contributed by atoms with Crippen molar-refractivity contribution in [2.75, 3.05) is 37.6 Å². The van der Waals surface area contributed by atoms with Crippen LogP contribution < -0.4 is 10.2 Å². The number of anilines is 1. The molecule has 1 N–H and O–H groups in total. The molecule has 2 saturated heterocycles. The molecular weight excluding hydrogens is 368 g/mol. The van der Waals surface area contributed by atoms with Gasteiger partial charge in [0.1, 0.15) is 12.1 Å². The molecule has 2 fully saturated rings. The van der Waals surface area contributed by atoms with Crippen molar-refractivity contribution in [3.05, 3.63) is 29.8 Å². The number of hydrogen-bond donors (Lipinski definition) is 1. The van der Waals surface area contributed by atoms with Crippen LogP contribution in [-0.2, 0) is 9.59 Å². The van der Waals surface area contributed by atoms with E-state index in [2.05, 4.69) is 24.1 Å². The maximum absolute atomic E-state index is 13.1. The number of nitrogens with zero attached hydrogens (tertiary/aromatic N) is 3. The summed E-state index contributed by atoms with van der Waals surface area (Å²) >= 11 is 0. The molecule has 2 aliphatic heterocycles. The van der Waals surface area contributed by atoms with E-state index >= 15 is 0 Å². The molecule has 0 radical (unpaired) electrons. The first-order valence-corrected chi connectivity index (χ1v) is 10.5. The summed E-state index contributed by atoms with van der Waals surface area (Å²) in [6.45, 7) is 11.0. The summed E-state index contributed by atoms with van der Waals surface area (Å²) < 4.78 is 0. The second-order valence-corrected chi connectivity index (χ2v) is 8.58. The molecule has 29 heavy (non-hydrogen) atoms. The van der Waals surface area contributed by atoms with E-state index in [1.165, 1.54) is 0 Å². The summed E-state index contributed by atoms with van der Waals surface area (Å²) in [7, 11) is 0. The molecule has 1 aromatic rings. The van der Waals surface area contributed by atoms with Gasteiger partial charge in [0.05, 0.1) is 0 Å². The standard InChI is InChI=1S/C22H32N4O3/c1-5-25(18-8-6-7-17(4)13-18)19(27)15-26-20(28)22(23-21(26)29)9-11-24(12-10-22)14-16(2)3/h6-8,13,16H,5,9-12,14-15H2,1-4H3,(H,23,29). The topological polar surface area (TPSA) is 73.0 Å². The van der Waals surface area contributed by atoms with Gasteiger partial charge >= 0.3 is 6.03 Å². The van der Waals surface area contributed by atoms with E-state index < -0.39 is 11.6 Å². The second-order valence-electron chi connectivity index (χ2n) is 8.58. The van der Waals surface area contributed by atoms with E-state index in [0.717, 1.165) is 35.8 Å². The number of rotatable bonds is 6. The highest BCUT2D eigenvalue weighted by Gasteiger charge is 2.52. The van der Waals surface area contributed by atoms with Gasteiger partial charge in [-0.2, -0.15) is 0 Å². The zero-order chi connectivity index (χ0) is 21.2. The largest absolute Gasteiger partial charge is 0.325 e. The molecule has 3 rings (SSSR count). The number of amides is 4. The molecule has 2 aliphatic rings. The van der Waals surface area contributed by atoms with E-state index in [0.29, 0.717) is 25.3 Å². The first-order valence-electron chi connectivity index (χ1n) is 10.5. The number of nitrogens with one attached hydrogen (secondary N) is 1. The number of hydrogen-bond acceptors (Lipinski definition) is 4. The Bertz CT molecular complexity index is 784. The molecule has 0 aliphatic carbocycles. The van der Waals surface area contributed by atoms with Gasteiger partial charge in [-0.25, -0.2) is 4.79 Å². The van der Waals surface area contributed by atoms with Gasteiger partial charge in [-0.1, -0.05) is 26.0 Å². The summed E-state index contributed by atoms with van der Waals surface area (Å²) in [5.41, 5.74) is 0.975. The lowest BCUT2D eigenvalue weighted by molar-refractivity contribution is -0.135. The smallest absolute Gasteiger partial charge is 0.323 e. The first kappa shape index (κ1) is 21.3. The zero-order valence-electron chi connectivity index (χ0n) is 17.9. The molecule has 7 heteroatoms. The fraction of sp³-hybridized carbons (Fsp3) is 0.591. The monoisotopic (exact) mass is 400 g/mol. The number of carbonyl (C=O) groups excluding carboxylic acids is 3. The van der Waals surface area contributed by atoms with Crippen LogP contribution in [0, 0.1) is 12.8 Å². The first-order chi connectivity index (χ1) is 13.8. The molecule has 2 heterocycles. The predicted molar refractivity (Wildman–Crippen MR) is 113 cm³/mol. The van der Waals surface area contributed by atoms with Gasteiger partial charge in [0, 0.05) is 31.9 Å². The van der Waals surface area contributed by atoms with Crippen LogP contribution >= 0.6 is 0 Å². The highest BCUT2D eigenvalue weighted by atomic mass is 16.2. The van der Waals surface area contributed by atoms with Gasteiger partial charge in [0.25, 0.3) is 5.91 Å². The third-order valence-corrected chi connectivity index (χ3v) is 5.80. The highest BCUT2D eigenvalue weighted by molar-refractivity contribution is 6.10. The molecule has 158 valence electrons. The predicted octanol–water partition coefficient (Wildman–Crippen LogP) is 2.39. The Balaban J connectivity index is 1.68. The Labute approximate surface area is 173 Å². The summed E-state index contributed by atoms with van der Waals surface area (Å²) in [6, 6.07) is 7.20. The average molecular weight is 401 g/mol. The lowest BCUT2D eigenvalue weighted by Gasteiger charge is -2.38. The number of imide groups is 1. The molecule has 0 unspecified atom stereocenters. The van der Waals surface area contributed by atoms with E-state index in [-0.39, 0.29) is 18.4 Å². The van der Waals surface area contributed by atoms with Gasteiger partial charge < -0.3 is 15.1 Å². The Hall–Kier alpha value is -2.41. The summed E-state index contributed by atoms with van der Waals surface area (Å²) in [5, 5.41) is 2.89. The number of likely N-dealkylation sites (tertiary alicyclic amines) is 1. The van der Waals surface area contributed by atoms with Crippen LogP contribution in [0.5, 0.6) is 0 Å². The Morgan fingerprint density at radius 2 is 1.93 bits per heavy atom. The Kier molecular flexibility index (Phi) is 6.27. The lowest BCUT2D eigenvalue weighted by Crippen LogP contribution is -2.55. The fourth-order valence-electron chi connectivity index (χ4n) is 4.31. The number of urea groups is 1. The number of aryl methyl sites for hydroxylation is 1. The maximum atomic E-state index is 13.1. The number of piperidine rings is 1. The van der Waals surface area contributed by atoms with Crippen LogP contribution in [0.25, 0.3) is 0 Å². The van der Waals surface area contributed by atoms with Crippen LogP contribution in [-0.4, -0.2) is 65.9 Å². The lowest BCUT2D eigenvalue weighted by atomic mass is 9.87. The van der Waals surface area contributed by atoms with Crippen LogP contribution in [0.1, 0.15) is 39.2 Å². The van der Waals surface area contributed by atoms with Crippen molar-refractivity contribution in [1.82, 2.24) is 15.1 Å². The van der Waals surface area contributed by atoms with Gasteiger partial charge in [-0.15, -0.1) is 0 Å². The molecule has 7 nitrogen and oxygen atoms in total. The van der Waals surface area contributed by atoms with Gasteiger partial charge in [-0.05, 0) is 50.3 Å². The summed E-state index contributed by atoms with van der Waals surface area (Å²) in [5.74, 6) is 0.0462. The number of carbonyl (C=O) groups is 3. The van der Waals surface area contributed by atoms with E-state index in [1.807, 2.05) is 38.1 Å². The second kappa shape index (κ2) is 8.53. The number of likely N-dealkylation sites (N-methyl/N-ethyl adjacent to an activating group) is 1. The molecule has 0 atom stereocenters. The third-order valence-electron chi connectivity index (χ3n) is 5.80. The van der Waals surface area contributed by atoms with Crippen LogP contribution in [0.2, 0.25) is 0 Å². The Morgan fingerprint density at radius 1 is 1.24 bits per heavy atom. The minimum atomic E-state index is -0.856. The molecular formula is C22H32N4O3. The quantitative estimate of drug-likeness (QED) is 0.744. The number of benzene rings is 1.